The van der Waals surface area contributed by atoms with Gasteiger partial charge in [-0.05, 0) is 54.8 Å². The minimum Gasteiger partial charge on any atom is -0.497 e. The van der Waals surface area contributed by atoms with E-state index in [0.717, 1.165) is 43.8 Å². The zero-order valence-corrected chi connectivity index (χ0v) is 14.0. The van der Waals surface area contributed by atoms with Gasteiger partial charge < -0.3 is 14.7 Å². The van der Waals surface area contributed by atoms with E-state index in [1.54, 1.807) is 7.11 Å². The summed E-state index contributed by atoms with van der Waals surface area (Å²) in [6.45, 7) is 5.03. The molecule has 4 heteroatoms. The Hall–Kier alpha value is -1.91. The van der Waals surface area contributed by atoms with Gasteiger partial charge in [0, 0.05) is 25.5 Å². The predicted molar refractivity (Wildman–Crippen MR) is 92.6 cm³/mol. The number of ether oxygens (including phenoxy) is 1. The molecular formula is C19H26N2O2. The molecule has 0 aliphatic heterocycles. The lowest BCUT2D eigenvalue weighted by atomic mass is 10.1. The van der Waals surface area contributed by atoms with Crippen LogP contribution in [0.4, 0.5) is 0 Å². The first-order valence-corrected chi connectivity index (χ1v) is 8.16. The third-order valence-electron chi connectivity index (χ3n) is 4.13. The Bertz CT molecular complexity index is 557. The number of hydrogen-bond acceptors (Lipinski definition) is 4. The molecule has 23 heavy (non-hydrogen) atoms. The number of nitrogens with zero attached hydrogens (tertiary/aromatic N) is 2. The molecule has 1 atom stereocenters. The number of pyridine rings is 1. The average molecular weight is 314 g/mol. The van der Waals surface area contributed by atoms with Gasteiger partial charge in [0.25, 0.3) is 0 Å². The van der Waals surface area contributed by atoms with Gasteiger partial charge in [0.15, 0.2) is 0 Å². The highest BCUT2D eigenvalue weighted by atomic mass is 16.5. The number of benzene rings is 1. The topological polar surface area (TPSA) is 45.6 Å². The Morgan fingerprint density at radius 2 is 1.78 bits per heavy atom. The number of methoxy groups -OCH3 is 1. The van der Waals surface area contributed by atoms with Crippen molar-refractivity contribution < 1.29 is 9.84 Å². The molecule has 0 amide bonds. The van der Waals surface area contributed by atoms with Gasteiger partial charge in [-0.1, -0.05) is 19.1 Å². The molecule has 0 saturated carbocycles. The van der Waals surface area contributed by atoms with Gasteiger partial charge >= 0.3 is 0 Å². The van der Waals surface area contributed by atoms with Crippen molar-refractivity contribution in [1.29, 1.82) is 0 Å². The lowest BCUT2D eigenvalue weighted by molar-refractivity contribution is 0.144. The maximum atomic E-state index is 10.3. The molecular weight excluding hydrogens is 288 g/mol. The van der Waals surface area contributed by atoms with E-state index >= 15 is 0 Å². The summed E-state index contributed by atoms with van der Waals surface area (Å²) in [6, 6.07) is 11.7. The van der Waals surface area contributed by atoms with Crippen LogP contribution in [-0.2, 0) is 6.42 Å². The zero-order valence-electron chi connectivity index (χ0n) is 14.0. The van der Waals surface area contributed by atoms with Crippen LogP contribution in [0.3, 0.4) is 0 Å². The Morgan fingerprint density at radius 1 is 1.09 bits per heavy atom. The van der Waals surface area contributed by atoms with Crippen LogP contribution in [0.1, 0.15) is 30.6 Å². The third-order valence-corrected chi connectivity index (χ3v) is 4.13. The zero-order chi connectivity index (χ0) is 16.5. The molecule has 1 N–H and O–H groups in total. The molecule has 1 unspecified atom stereocenters. The summed E-state index contributed by atoms with van der Waals surface area (Å²) in [6.07, 6.45) is 4.97. The smallest absolute Gasteiger partial charge is 0.118 e. The molecule has 0 aliphatic carbocycles. The number of likely N-dealkylation sites (N-methyl/N-ethyl adjacent to an activating group) is 1. The molecule has 0 bridgehead atoms. The van der Waals surface area contributed by atoms with Gasteiger partial charge in [0.05, 0.1) is 13.2 Å². The summed E-state index contributed by atoms with van der Waals surface area (Å²) in [7, 11) is 1.65. The predicted octanol–water partition coefficient (Wildman–Crippen LogP) is 3.08. The van der Waals surface area contributed by atoms with Gasteiger partial charge in [-0.15, -0.1) is 0 Å². The minimum atomic E-state index is -0.434. The molecule has 0 radical (unpaired) electrons. The second-order valence-electron chi connectivity index (χ2n) is 5.62. The first-order valence-electron chi connectivity index (χ1n) is 8.16. The highest BCUT2D eigenvalue weighted by molar-refractivity contribution is 5.28. The number of aromatic nitrogens is 1. The molecule has 1 heterocycles. The standard InChI is InChI=1S/C19H26N2O2/c1-3-21(14-10-16-8-12-20-13-9-16)15-11-19(22)17-4-6-18(23-2)7-5-17/h4-9,12-13,19,22H,3,10-11,14-15H2,1-2H3. The number of aliphatic hydroxyl groups is 1. The summed E-state index contributed by atoms with van der Waals surface area (Å²) in [5.41, 5.74) is 2.24. The first-order chi connectivity index (χ1) is 11.2. The van der Waals surface area contributed by atoms with Crippen LogP contribution < -0.4 is 4.74 Å². The first kappa shape index (κ1) is 17.4. The van der Waals surface area contributed by atoms with Crippen molar-refractivity contribution in [2.24, 2.45) is 0 Å². The molecule has 0 aliphatic rings. The highest BCUT2D eigenvalue weighted by Crippen LogP contribution is 2.20. The third kappa shape index (κ3) is 5.66. The monoisotopic (exact) mass is 314 g/mol. The second-order valence-corrected chi connectivity index (χ2v) is 5.62. The summed E-state index contributed by atoms with van der Waals surface area (Å²) in [5, 5.41) is 10.3. The van der Waals surface area contributed by atoms with Crippen LogP contribution in [0.5, 0.6) is 5.75 Å². The van der Waals surface area contributed by atoms with E-state index in [9.17, 15) is 5.11 Å². The molecule has 0 saturated heterocycles. The summed E-state index contributed by atoms with van der Waals surface area (Å²) >= 11 is 0. The summed E-state index contributed by atoms with van der Waals surface area (Å²) < 4.78 is 5.14. The molecule has 1 aromatic carbocycles. The molecule has 124 valence electrons. The van der Waals surface area contributed by atoms with Crippen LogP contribution in [0.15, 0.2) is 48.8 Å². The van der Waals surface area contributed by atoms with Crippen molar-refractivity contribution in [1.82, 2.24) is 9.88 Å². The van der Waals surface area contributed by atoms with Crippen molar-refractivity contribution in [3.05, 3.63) is 59.9 Å². The number of aliphatic hydroxyl groups excluding tert-OH is 1. The van der Waals surface area contributed by atoms with E-state index in [-0.39, 0.29) is 0 Å². The minimum absolute atomic E-state index is 0.434. The van der Waals surface area contributed by atoms with Gasteiger partial charge in [-0.2, -0.15) is 0 Å². The van der Waals surface area contributed by atoms with E-state index in [4.69, 9.17) is 4.74 Å². The van der Waals surface area contributed by atoms with E-state index in [2.05, 4.69) is 28.9 Å². The number of hydrogen-bond donors (Lipinski definition) is 1. The molecule has 1 aromatic heterocycles. The van der Waals surface area contributed by atoms with E-state index in [1.165, 1.54) is 5.56 Å². The normalized spacial score (nSPS) is 12.3. The van der Waals surface area contributed by atoms with E-state index in [1.807, 2.05) is 36.7 Å². The Balaban J connectivity index is 1.79. The summed E-state index contributed by atoms with van der Waals surface area (Å²) in [5.74, 6) is 0.813. The molecule has 4 nitrogen and oxygen atoms in total. The maximum Gasteiger partial charge on any atom is 0.118 e. The fraction of sp³-hybridized carbons (Fsp3) is 0.421. The van der Waals surface area contributed by atoms with Crippen LogP contribution >= 0.6 is 0 Å². The van der Waals surface area contributed by atoms with Crippen LogP contribution in [0.2, 0.25) is 0 Å². The Labute approximate surface area is 138 Å². The fourth-order valence-corrected chi connectivity index (χ4v) is 2.56. The van der Waals surface area contributed by atoms with Crippen LogP contribution in [0, 0.1) is 0 Å². The Kier molecular flexibility index (Phi) is 7.04. The van der Waals surface area contributed by atoms with Crippen molar-refractivity contribution in [3.8, 4) is 5.75 Å². The Morgan fingerprint density at radius 3 is 2.39 bits per heavy atom. The molecule has 2 rings (SSSR count). The van der Waals surface area contributed by atoms with Gasteiger partial charge in [0.1, 0.15) is 5.75 Å². The van der Waals surface area contributed by atoms with Gasteiger partial charge in [-0.3, -0.25) is 4.98 Å². The quantitative estimate of drug-likeness (QED) is 0.772. The fourth-order valence-electron chi connectivity index (χ4n) is 2.56. The highest BCUT2D eigenvalue weighted by Gasteiger charge is 2.10. The lowest BCUT2D eigenvalue weighted by Gasteiger charge is -2.22. The molecule has 0 spiro atoms. The van der Waals surface area contributed by atoms with Crippen LogP contribution in [-0.4, -0.2) is 41.7 Å². The van der Waals surface area contributed by atoms with Gasteiger partial charge in [-0.25, -0.2) is 0 Å². The maximum absolute atomic E-state index is 10.3. The second kappa shape index (κ2) is 9.28. The average Bonchev–Trinajstić information content (AvgIpc) is 2.62. The largest absolute Gasteiger partial charge is 0.497 e. The summed E-state index contributed by atoms with van der Waals surface area (Å²) in [4.78, 5) is 6.41. The van der Waals surface area contributed by atoms with Crippen LogP contribution in [0.25, 0.3) is 0 Å². The van der Waals surface area contributed by atoms with Gasteiger partial charge in [0.2, 0.25) is 0 Å². The van der Waals surface area contributed by atoms with Crippen molar-refractivity contribution in [2.45, 2.75) is 25.9 Å². The molecule has 2 aromatic rings. The van der Waals surface area contributed by atoms with Crippen molar-refractivity contribution >= 4 is 0 Å². The van der Waals surface area contributed by atoms with E-state index in [0.29, 0.717) is 0 Å². The van der Waals surface area contributed by atoms with E-state index < -0.39 is 6.10 Å². The molecule has 0 fully saturated rings. The lowest BCUT2D eigenvalue weighted by Crippen LogP contribution is -2.28. The SMILES string of the molecule is CCN(CCc1ccncc1)CCC(O)c1ccc(OC)cc1. The van der Waals surface area contributed by atoms with Crippen molar-refractivity contribution in [2.75, 3.05) is 26.7 Å². The van der Waals surface area contributed by atoms with Crippen molar-refractivity contribution in [3.63, 3.8) is 0 Å². The number of rotatable bonds is 9.